The van der Waals surface area contributed by atoms with E-state index >= 15 is 0 Å². The molecule has 1 saturated heterocycles. The second kappa shape index (κ2) is 7.56. The van der Waals surface area contributed by atoms with Crippen LogP contribution >= 0.6 is 11.6 Å². The minimum absolute atomic E-state index is 0.00773. The van der Waals surface area contributed by atoms with E-state index < -0.39 is 43.8 Å². The number of hydrogen-bond acceptors (Lipinski definition) is 4. The number of amides is 1. The van der Waals surface area contributed by atoms with Crippen LogP contribution in [0.15, 0.2) is 35.3 Å². The summed E-state index contributed by atoms with van der Waals surface area (Å²) < 4.78 is 58.1. The first-order valence-corrected chi connectivity index (χ1v) is 9.39. The van der Waals surface area contributed by atoms with Crippen molar-refractivity contribution in [3.63, 3.8) is 0 Å². The Balaban J connectivity index is 1.71. The van der Waals surface area contributed by atoms with E-state index in [9.17, 15) is 27.2 Å². The molecule has 3 heterocycles. The molecule has 4 rings (SSSR count). The van der Waals surface area contributed by atoms with Gasteiger partial charge in [-0.1, -0.05) is 17.7 Å². The third-order valence-corrected chi connectivity index (χ3v) is 5.26. The third kappa shape index (κ3) is 3.97. The SMILES string of the molecule is Cn1c(=O)n(CC(=O)N2CC(F)(F)C2)c2cc(-c3ccc(Cl)c(OC(F)F)c3)cnc21. The Morgan fingerprint density at radius 2 is 1.97 bits per heavy atom. The highest BCUT2D eigenvalue weighted by molar-refractivity contribution is 6.32. The van der Waals surface area contributed by atoms with Crippen molar-refractivity contribution in [1.82, 2.24) is 19.0 Å². The van der Waals surface area contributed by atoms with Crippen LogP contribution in [0.1, 0.15) is 0 Å². The summed E-state index contributed by atoms with van der Waals surface area (Å²) in [6, 6.07) is 5.79. The van der Waals surface area contributed by atoms with Gasteiger partial charge in [0.1, 0.15) is 12.3 Å². The van der Waals surface area contributed by atoms with Gasteiger partial charge in [-0.2, -0.15) is 8.78 Å². The van der Waals surface area contributed by atoms with Crippen LogP contribution in [0.5, 0.6) is 5.75 Å². The summed E-state index contributed by atoms with van der Waals surface area (Å²) in [7, 11) is 1.47. The van der Waals surface area contributed by atoms with Crippen molar-refractivity contribution in [3.8, 4) is 16.9 Å². The van der Waals surface area contributed by atoms with Gasteiger partial charge in [0.2, 0.25) is 5.91 Å². The van der Waals surface area contributed by atoms with Crippen molar-refractivity contribution in [2.75, 3.05) is 13.1 Å². The summed E-state index contributed by atoms with van der Waals surface area (Å²) in [6.45, 7) is -4.87. The zero-order valence-electron chi connectivity index (χ0n) is 16.0. The van der Waals surface area contributed by atoms with Crippen LogP contribution in [-0.4, -0.2) is 50.5 Å². The van der Waals surface area contributed by atoms with Gasteiger partial charge in [0.05, 0.1) is 23.6 Å². The molecule has 1 amide bonds. The van der Waals surface area contributed by atoms with Crippen molar-refractivity contribution >= 4 is 28.7 Å². The fraction of sp³-hybridized carbons (Fsp3) is 0.316. The highest BCUT2D eigenvalue weighted by atomic mass is 35.5. The number of aromatic nitrogens is 3. The summed E-state index contributed by atoms with van der Waals surface area (Å²) in [6.07, 6.45) is 1.43. The highest BCUT2D eigenvalue weighted by Gasteiger charge is 2.46. The number of pyridine rings is 1. The first-order chi connectivity index (χ1) is 14.6. The zero-order valence-corrected chi connectivity index (χ0v) is 16.7. The van der Waals surface area contributed by atoms with Gasteiger partial charge < -0.3 is 9.64 Å². The number of aryl methyl sites for hydroxylation is 1. The zero-order chi connectivity index (χ0) is 22.5. The average molecular weight is 459 g/mol. The Morgan fingerprint density at radius 1 is 1.26 bits per heavy atom. The standard InChI is InChI=1S/C19H15ClF4N4O3/c1-26-16-13(28(18(26)30)7-15(29)27-8-19(23,24)9-27)4-11(6-25-16)10-2-3-12(20)14(5-10)31-17(21)22/h2-6,17H,7-9H2,1H3. The number of fused-ring (bicyclic) bond motifs is 1. The largest absolute Gasteiger partial charge is 0.433 e. The van der Waals surface area contributed by atoms with E-state index in [0.717, 1.165) is 9.47 Å². The van der Waals surface area contributed by atoms with E-state index in [-0.39, 0.29) is 21.9 Å². The maximum absolute atomic E-state index is 13.1. The Labute approximate surface area is 177 Å². The van der Waals surface area contributed by atoms with Gasteiger partial charge in [-0.15, -0.1) is 0 Å². The molecule has 2 aromatic heterocycles. The van der Waals surface area contributed by atoms with E-state index in [0.29, 0.717) is 11.1 Å². The number of imidazole rings is 1. The molecule has 1 aliphatic rings. The van der Waals surface area contributed by atoms with E-state index in [2.05, 4.69) is 9.72 Å². The molecule has 31 heavy (non-hydrogen) atoms. The van der Waals surface area contributed by atoms with Crippen LogP contribution in [0.3, 0.4) is 0 Å². The van der Waals surface area contributed by atoms with E-state index in [1.165, 1.54) is 29.9 Å². The number of nitrogens with zero attached hydrogens (tertiary/aromatic N) is 4. The molecule has 0 aliphatic carbocycles. The molecule has 0 bridgehead atoms. The Kier molecular flexibility index (Phi) is 5.16. The molecule has 0 unspecified atom stereocenters. The lowest BCUT2D eigenvalue weighted by Gasteiger charge is -2.38. The molecule has 0 N–H and O–H groups in total. The molecule has 0 spiro atoms. The lowest BCUT2D eigenvalue weighted by Crippen LogP contribution is -2.59. The number of benzene rings is 1. The van der Waals surface area contributed by atoms with Crippen LogP contribution in [0.2, 0.25) is 5.02 Å². The second-order valence-electron chi connectivity index (χ2n) is 7.12. The molecule has 0 radical (unpaired) electrons. The summed E-state index contributed by atoms with van der Waals surface area (Å²) in [4.78, 5) is 30.1. The van der Waals surface area contributed by atoms with E-state index in [1.807, 2.05) is 0 Å². The number of likely N-dealkylation sites (tertiary alicyclic amines) is 1. The predicted molar refractivity (Wildman–Crippen MR) is 104 cm³/mol. The number of halogens is 5. The summed E-state index contributed by atoms with van der Waals surface area (Å²) in [5, 5.41) is -0.00773. The van der Waals surface area contributed by atoms with E-state index in [4.69, 9.17) is 11.6 Å². The van der Waals surface area contributed by atoms with Gasteiger partial charge in [0, 0.05) is 18.8 Å². The van der Waals surface area contributed by atoms with Crippen LogP contribution < -0.4 is 10.4 Å². The van der Waals surface area contributed by atoms with Crippen molar-refractivity contribution in [3.05, 3.63) is 46.0 Å². The molecule has 1 aliphatic heterocycles. The fourth-order valence-corrected chi connectivity index (χ4v) is 3.54. The quantitative estimate of drug-likeness (QED) is 0.551. The van der Waals surface area contributed by atoms with Gasteiger partial charge in [0.15, 0.2) is 5.65 Å². The van der Waals surface area contributed by atoms with Crippen LogP contribution in [0.4, 0.5) is 17.6 Å². The van der Waals surface area contributed by atoms with Crippen molar-refractivity contribution < 1.29 is 27.1 Å². The molecule has 164 valence electrons. The minimum Gasteiger partial charge on any atom is -0.433 e. The number of rotatable bonds is 5. The average Bonchev–Trinajstić information content (AvgIpc) is 2.91. The van der Waals surface area contributed by atoms with Crippen molar-refractivity contribution in [2.24, 2.45) is 7.05 Å². The predicted octanol–water partition coefficient (Wildman–Crippen LogP) is 3.13. The molecule has 1 fully saturated rings. The smallest absolute Gasteiger partial charge is 0.387 e. The van der Waals surface area contributed by atoms with Gasteiger partial charge in [-0.05, 0) is 23.8 Å². The van der Waals surface area contributed by atoms with Crippen LogP contribution in [0, 0.1) is 0 Å². The first kappa shape index (κ1) is 21.2. The van der Waals surface area contributed by atoms with Crippen molar-refractivity contribution in [1.29, 1.82) is 0 Å². The van der Waals surface area contributed by atoms with E-state index in [1.54, 1.807) is 12.1 Å². The fourth-order valence-electron chi connectivity index (χ4n) is 3.38. The van der Waals surface area contributed by atoms with Crippen LogP contribution in [0.25, 0.3) is 22.3 Å². The van der Waals surface area contributed by atoms with Gasteiger partial charge in [-0.25, -0.2) is 18.6 Å². The van der Waals surface area contributed by atoms with Crippen molar-refractivity contribution in [2.45, 2.75) is 19.1 Å². The van der Waals surface area contributed by atoms with Gasteiger partial charge in [0.25, 0.3) is 5.92 Å². The third-order valence-electron chi connectivity index (χ3n) is 4.94. The minimum atomic E-state index is -3.06. The maximum Gasteiger partial charge on any atom is 0.387 e. The second-order valence-corrected chi connectivity index (χ2v) is 7.53. The summed E-state index contributed by atoms with van der Waals surface area (Å²) in [5.74, 6) is -3.76. The highest BCUT2D eigenvalue weighted by Crippen LogP contribution is 2.32. The lowest BCUT2D eigenvalue weighted by molar-refractivity contribution is -0.166. The molecular formula is C19H15ClF4N4O3. The lowest BCUT2D eigenvalue weighted by atomic mass is 10.1. The Hall–Kier alpha value is -3.08. The number of ether oxygens (including phenoxy) is 1. The maximum atomic E-state index is 13.1. The molecule has 12 heteroatoms. The van der Waals surface area contributed by atoms with Gasteiger partial charge >= 0.3 is 12.3 Å². The topological polar surface area (TPSA) is 69.4 Å². The molecule has 7 nitrogen and oxygen atoms in total. The molecule has 0 atom stereocenters. The number of carbonyl (C=O) groups is 1. The van der Waals surface area contributed by atoms with Gasteiger partial charge in [-0.3, -0.25) is 13.9 Å². The number of alkyl halides is 4. The molecular weight excluding hydrogens is 444 g/mol. The normalized spacial score (nSPS) is 15.4. The van der Waals surface area contributed by atoms with Crippen LogP contribution in [-0.2, 0) is 18.4 Å². The number of hydrogen-bond donors (Lipinski definition) is 0. The summed E-state index contributed by atoms with van der Waals surface area (Å²) in [5.41, 5.74) is 0.903. The number of carbonyl (C=O) groups excluding carboxylic acids is 1. The molecule has 1 aromatic carbocycles. The monoisotopic (exact) mass is 458 g/mol. The Bertz CT molecular complexity index is 1230. The first-order valence-electron chi connectivity index (χ1n) is 9.01. The molecule has 0 saturated carbocycles. The summed E-state index contributed by atoms with van der Waals surface area (Å²) >= 11 is 5.88. The Morgan fingerprint density at radius 3 is 2.61 bits per heavy atom. The molecule has 3 aromatic rings.